The van der Waals surface area contributed by atoms with E-state index in [4.69, 9.17) is 4.74 Å². The van der Waals surface area contributed by atoms with Crippen LogP contribution in [0.5, 0.6) is 5.75 Å². The number of benzene rings is 1. The topological polar surface area (TPSA) is 38.3 Å². The number of piperidine rings is 1. The Kier molecular flexibility index (Phi) is 6.00. The van der Waals surface area contributed by atoms with Crippen molar-refractivity contribution in [2.24, 2.45) is 11.8 Å². The highest BCUT2D eigenvalue weighted by Crippen LogP contribution is 2.35. The largest absolute Gasteiger partial charge is 0.490 e. The molecule has 1 heterocycles. The molecule has 0 aromatic heterocycles. The molecule has 1 aromatic carbocycles. The van der Waals surface area contributed by atoms with E-state index in [0.29, 0.717) is 24.4 Å². The summed E-state index contributed by atoms with van der Waals surface area (Å²) in [5.74, 6) is 2.20. The zero-order chi connectivity index (χ0) is 19.7. The minimum absolute atomic E-state index is 0.0844. The van der Waals surface area contributed by atoms with Crippen LogP contribution in [-0.2, 0) is 0 Å². The zero-order valence-electron chi connectivity index (χ0n) is 17.8. The van der Waals surface area contributed by atoms with Crippen LogP contribution in [0.15, 0.2) is 24.3 Å². The molecule has 0 spiro atoms. The van der Waals surface area contributed by atoms with Gasteiger partial charge in [-0.15, -0.1) is 0 Å². The van der Waals surface area contributed by atoms with Crippen LogP contribution in [0.4, 0.5) is 0 Å². The number of nitrogens with one attached hydrogen (secondary N) is 1. The van der Waals surface area contributed by atoms with E-state index < -0.39 is 0 Å². The molecule has 1 saturated carbocycles. The fourth-order valence-corrected chi connectivity index (χ4v) is 5.41. The molecular formula is C24H37NO2. The number of rotatable bonds is 5. The second-order valence-electron chi connectivity index (χ2n) is 10.2. The molecule has 3 nitrogen and oxygen atoms in total. The van der Waals surface area contributed by atoms with Crippen LogP contribution in [0.2, 0.25) is 0 Å². The average Bonchev–Trinajstić information content (AvgIpc) is 2.54. The maximum atomic E-state index is 12.8. The lowest BCUT2D eigenvalue weighted by molar-refractivity contribution is 0.0864. The van der Waals surface area contributed by atoms with Gasteiger partial charge in [0.2, 0.25) is 0 Å². The fraction of sp³-hybridized carbons (Fsp3) is 0.708. The van der Waals surface area contributed by atoms with Crippen LogP contribution < -0.4 is 10.1 Å². The second-order valence-corrected chi connectivity index (χ2v) is 10.2. The standard InChI is InChI=1S/C24H37NO2/c1-17-8-6-7-9-22(17)27-20-12-10-19(11-13-20)21(26)14-18-15-23(2,3)25-24(4,5)16-18/h10-13,17-18,22,25H,6-9,14-16H2,1-5H3. The van der Waals surface area contributed by atoms with E-state index in [1.165, 1.54) is 19.3 Å². The Morgan fingerprint density at radius 3 is 2.22 bits per heavy atom. The van der Waals surface area contributed by atoms with Crippen molar-refractivity contribution in [2.75, 3.05) is 0 Å². The van der Waals surface area contributed by atoms with Gasteiger partial charge in [-0.3, -0.25) is 4.79 Å². The first-order chi connectivity index (χ1) is 12.6. The third kappa shape index (κ3) is 5.57. The van der Waals surface area contributed by atoms with Crippen molar-refractivity contribution in [3.05, 3.63) is 29.8 Å². The molecule has 0 amide bonds. The highest BCUT2D eigenvalue weighted by atomic mass is 16.5. The minimum Gasteiger partial charge on any atom is -0.490 e. The molecule has 0 bridgehead atoms. The molecule has 1 aliphatic heterocycles. The van der Waals surface area contributed by atoms with Crippen LogP contribution in [0, 0.1) is 11.8 Å². The zero-order valence-corrected chi connectivity index (χ0v) is 17.8. The number of hydrogen-bond acceptors (Lipinski definition) is 3. The molecule has 1 aliphatic carbocycles. The first-order valence-electron chi connectivity index (χ1n) is 10.7. The Hall–Kier alpha value is -1.35. The number of hydrogen-bond donors (Lipinski definition) is 1. The summed E-state index contributed by atoms with van der Waals surface area (Å²) in [6.45, 7) is 11.2. The van der Waals surface area contributed by atoms with Crippen molar-refractivity contribution < 1.29 is 9.53 Å². The molecule has 2 unspecified atom stereocenters. The molecule has 3 heteroatoms. The third-order valence-corrected chi connectivity index (χ3v) is 6.25. The molecule has 1 N–H and O–H groups in total. The van der Waals surface area contributed by atoms with Gasteiger partial charge in [0.15, 0.2) is 5.78 Å². The number of carbonyl (C=O) groups excluding carboxylic acids is 1. The molecule has 27 heavy (non-hydrogen) atoms. The number of Topliss-reactive ketones (excluding diaryl/α,β-unsaturated/α-hetero) is 1. The van der Waals surface area contributed by atoms with E-state index in [0.717, 1.165) is 30.6 Å². The minimum atomic E-state index is 0.0844. The third-order valence-electron chi connectivity index (χ3n) is 6.25. The Balaban J connectivity index is 1.59. The van der Waals surface area contributed by atoms with Gasteiger partial charge >= 0.3 is 0 Å². The Morgan fingerprint density at radius 1 is 1.04 bits per heavy atom. The highest BCUT2D eigenvalue weighted by molar-refractivity contribution is 5.96. The molecule has 2 atom stereocenters. The van der Waals surface area contributed by atoms with Crippen LogP contribution in [0.1, 0.15) is 89.9 Å². The summed E-state index contributed by atoms with van der Waals surface area (Å²) in [6.07, 6.45) is 8.01. The Bertz CT molecular complexity index is 631. The molecular weight excluding hydrogens is 334 g/mol. The van der Waals surface area contributed by atoms with Crippen molar-refractivity contribution in [2.45, 2.75) is 96.7 Å². The van der Waals surface area contributed by atoms with E-state index in [1.54, 1.807) is 0 Å². The maximum Gasteiger partial charge on any atom is 0.163 e. The summed E-state index contributed by atoms with van der Waals surface area (Å²) in [5, 5.41) is 3.70. The quantitative estimate of drug-likeness (QED) is 0.667. The molecule has 1 saturated heterocycles. The lowest BCUT2D eigenvalue weighted by Crippen LogP contribution is -2.57. The fourth-order valence-electron chi connectivity index (χ4n) is 5.41. The SMILES string of the molecule is CC1CCCCC1Oc1ccc(C(=O)CC2CC(C)(C)NC(C)(C)C2)cc1. The van der Waals surface area contributed by atoms with Crippen LogP contribution in [0.25, 0.3) is 0 Å². The average molecular weight is 372 g/mol. The summed E-state index contributed by atoms with van der Waals surface area (Å²) in [7, 11) is 0. The first-order valence-corrected chi connectivity index (χ1v) is 10.7. The smallest absolute Gasteiger partial charge is 0.163 e. The van der Waals surface area contributed by atoms with Crippen molar-refractivity contribution in [1.29, 1.82) is 0 Å². The maximum absolute atomic E-state index is 12.8. The van der Waals surface area contributed by atoms with Gasteiger partial charge in [0.05, 0.1) is 0 Å². The van der Waals surface area contributed by atoms with E-state index in [9.17, 15) is 4.79 Å². The van der Waals surface area contributed by atoms with Gasteiger partial charge in [0, 0.05) is 23.1 Å². The molecule has 0 radical (unpaired) electrons. The molecule has 3 rings (SSSR count). The van der Waals surface area contributed by atoms with Crippen LogP contribution in [-0.4, -0.2) is 23.0 Å². The normalized spacial score (nSPS) is 27.9. The molecule has 2 fully saturated rings. The van der Waals surface area contributed by atoms with Crippen molar-refractivity contribution in [3.8, 4) is 5.75 Å². The second kappa shape index (κ2) is 7.95. The number of ether oxygens (including phenoxy) is 1. The van der Waals surface area contributed by atoms with Gasteiger partial charge in [-0.2, -0.15) is 0 Å². The number of ketones is 1. The van der Waals surface area contributed by atoms with E-state index >= 15 is 0 Å². The monoisotopic (exact) mass is 371 g/mol. The Morgan fingerprint density at radius 2 is 1.63 bits per heavy atom. The number of carbonyl (C=O) groups is 1. The highest BCUT2D eigenvalue weighted by Gasteiger charge is 2.38. The van der Waals surface area contributed by atoms with E-state index in [1.807, 2.05) is 24.3 Å². The van der Waals surface area contributed by atoms with E-state index in [2.05, 4.69) is 39.9 Å². The van der Waals surface area contributed by atoms with Crippen LogP contribution >= 0.6 is 0 Å². The van der Waals surface area contributed by atoms with Gasteiger partial charge in [0.25, 0.3) is 0 Å². The van der Waals surface area contributed by atoms with Crippen LogP contribution in [0.3, 0.4) is 0 Å². The van der Waals surface area contributed by atoms with Crippen molar-refractivity contribution in [3.63, 3.8) is 0 Å². The summed E-state index contributed by atoms with van der Waals surface area (Å²) in [6, 6.07) is 7.85. The summed E-state index contributed by atoms with van der Waals surface area (Å²) >= 11 is 0. The lowest BCUT2D eigenvalue weighted by Gasteiger charge is -2.46. The summed E-state index contributed by atoms with van der Waals surface area (Å²) in [5.41, 5.74) is 0.982. The first kappa shape index (κ1) is 20.4. The molecule has 2 aliphatic rings. The molecule has 150 valence electrons. The van der Waals surface area contributed by atoms with Gasteiger partial charge in [-0.1, -0.05) is 13.3 Å². The van der Waals surface area contributed by atoms with Crippen molar-refractivity contribution >= 4 is 5.78 Å². The predicted octanol–water partition coefficient (Wildman–Crippen LogP) is 5.77. The van der Waals surface area contributed by atoms with Gasteiger partial charge in [-0.25, -0.2) is 0 Å². The van der Waals surface area contributed by atoms with Crippen molar-refractivity contribution in [1.82, 2.24) is 5.32 Å². The van der Waals surface area contributed by atoms with Gasteiger partial charge in [-0.05, 0) is 95.9 Å². The Labute approximate surface area is 165 Å². The van der Waals surface area contributed by atoms with Gasteiger partial charge in [0.1, 0.15) is 11.9 Å². The molecule has 1 aromatic rings. The summed E-state index contributed by atoms with van der Waals surface area (Å²) in [4.78, 5) is 12.8. The predicted molar refractivity (Wildman–Crippen MR) is 111 cm³/mol. The summed E-state index contributed by atoms with van der Waals surface area (Å²) < 4.78 is 6.19. The van der Waals surface area contributed by atoms with E-state index in [-0.39, 0.29) is 16.9 Å². The lowest BCUT2D eigenvalue weighted by atomic mass is 9.74. The van der Waals surface area contributed by atoms with Gasteiger partial charge < -0.3 is 10.1 Å².